The Morgan fingerprint density at radius 2 is 1.40 bits per heavy atom. The zero-order valence-corrected chi connectivity index (χ0v) is 14.2. The van der Waals surface area contributed by atoms with Gasteiger partial charge in [-0.05, 0) is 12.5 Å². The van der Waals surface area contributed by atoms with Gasteiger partial charge in [0.15, 0.2) is 0 Å². The van der Waals surface area contributed by atoms with Crippen LogP contribution in [0, 0.1) is 0 Å². The summed E-state index contributed by atoms with van der Waals surface area (Å²) in [6, 6.07) is 9.41. The molecule has 0 unspecified atom stereocenters. The Hall–Kier alpha value is -2.90. The van der Waals surface area contributed by atoms with Crippen molar-refractivity contribution in [2.45, 2.75) is 39.2 Å². The van der Waals surface area contributed by atoms with Gasteiger partial charge < -0.3 is 10.1 Å². The SMILES string of the molecule is CCOC(=O)CCC(=O)NNC(=O)CCC(=O)NCc1ccccc1. The Kier molecular flexibility index (Phi) is 9.35. The fourth-order valence-electron chi connectivity index (χ4n) is 1.83. The quantitative estimate of drug-likeness (QED) is 0.446. The molecule has 1 aromatic rings. The van der Waals surface area contributed by atoms with Gasteiger partial charge in [-0.15, -0.1) is 0 Å². The zero-order valence-electron chi connectivity index (χ0n) is 14.2. The average Bonchev–Trinajstić information content (AvgIpc) is 2.62. The second-order valence-corrected chi connectivity index (χ2v) is 5.16. The van der Waals surface area contributed by atoms with Gasteiger partial charge in [0.1, 0.15) is 0 Å². The van der Waals surface area contributed by atoms with E-state index >= 15 is 0 Å². The normalized spacial score (nSPS) is 9.80. The van der Waals surface area contributed by atoms with E-state index in [2.05, 4.69) is 20.9 Å². The first kappa shape index (κ1) is 20.1. The van der Waals surface area contributed by atoms with E-state index in [4.69, 9.17) is 0 Å². The van der Waals surface area contributed by atoms with Gasteiger partial charge in [0, 0.05) is 25.8 Å². The van der Waals surface area contributed by atoms with Crippen molar-refractivity contribution in [3.8, 4) is 0 Å². The van der Waals surface area contributed by atoms with Gasteiger partial charge in [0.25, 0.3) is 0 Å². The predicted molar refractivity (Wildman–Crippen MR) is 89.7 cm³/mol. The molecular formula is C17H23N3O5. The Morgan fingerprint density at radius 1 is 0.840 bits per heavy atom. The molecule has 0 fully saturated rings. The summed E-state index contributed by atoms with van der Waals surface area (Å²) in [5.41, 5.74) is 5.35. The van der Waals surface area contributed by atoms with E-state index in [1.807, 2.05) is 30.3 Å². The summed E-state index contributed by atoms with van der Waals surface area (Å²) in [7, 11) is 0. The lowest BCUT2D eigenvalue weighted by Crippen LogP contribution is -2.42. The predicted octanol–water partition coefficient (Wildman–Crippen LogP) is 0.574. The third kappa shape index (κ3) is 9.75. The highest BCUT2D eigenvalue weighted by Gasteiger charge is 2.10. The lowest BCUT2D eigenvalue weighted by atomic mass is 10.2. The minimum absolute atomic E-state index is 0.0113. The van der Waals surface area contributed by atoms with Crippen molar-refractivity contribution >= 4 is 23.7 Å². The Bertz CT molecular complexity index is 589. The van der Waals surface area contributed by atoms with E-state index in [0.29, 0.717) is 6.54 Å². The first-order chi connectivity index (χ1) is 12.0. The lowest BCUT2D eigenvalue weighted by molar-refractivity contribution is -0.144. The molecule has 0 atom stereocenters. The summed E-state index contributed by atoms with van der Waals surface area (Å²) < 4.78 is 4.69. The smallest absolute Gasteiger partial charge is 0.306 e. The van der Waals surface area contributed by atoms with Crippen LogP contribution < -0.4 is 16.2 Å². The molecule has 0 aliphatic heterocycles. The second-order valence-electron chi connectivity index (χ2n) is 5.16. The largest absolute Gasteiger partial charge is 0.466 e. The van der Waals surface area contributed by atoms with E-state index in [9.17, 15) is 19.2 Å². The zero-order chi connectivity index (χ0) is 18.5. The second kappa shape index (κ2) is 11.6. The standard InChI is InChI=1S/C17H23N3O5/c1-2-25-17(24)11-10-16(23)20-19-15(22)9-8-14(21)18-12-13-6-4-3-5-7-13/h3-7H,2,8-12H2,1H3,(H,18,21)(H,19,22)(H,20,23). The number of esters is 1. The topological polar surface area (TPSA) is 114 Å². The Labute approximate surface area is 146 Å². The molecule has 0 bridgehead atoms. The van der Waals surface area contributed by atoms with Gasteiger partial charge in [0.05, 0.1) is 13.0 Å². The minimum Gasteiger partial charge on any atom is -0.466 e. The summed E-state index contributed by atoms with van der Waals surface area (Å²) in [6.07, 6.45) is -0.190. The number of hydrogen-bond donors (Lipinski definition) is 3. The molecule has 0 spiro atoms. The van der Waals surface area contributed by atoms with Crippen LogP contribution in [0.4, 0.5) is 0 Å². The fraction of sp³-hybridized carbons (Fsp3) is 0.412. The van der Waals surface area contributed by atoms with E-state index < -0.39 is 17.8 Å². The van der Waals surface area contributed by atoms with Crippen LogP contribution >= 0.6 is 0 Å². The molecule has 3 amide bonds. The molecule has 0 radical (unpaired) electrons. The fourth-order valence-corrected chi connectivity index (χ4v) is 1.83. The first-order valence-electron chi connectivity index (χ1n) is 8.05. The molecule has 0 saturated heterocycles. The first-order valence-corrected chi connectivity index (χ1v) is 8.05. The summed E-state index contributed by atoms with van der Waals surface area (Å²) in [6.45, 7) is 2.32. The maximum Gasteiger partial charge on any atom is 0.306 e. The maximum atomic E-state index is 11.7. The number of carbonyl (C=O) groups is 4. The molecule has 0 saturated carbocycles. The van der Waals surface area contributed by atoms with Crippen LogP contribution in [0.2, 0.25) is 0 Å². The molecule has 8 heteroatoms. The number of rotatable bonds is 9. The summed E-state index contributed by atoms with van der Waals surface area (Å²) >= 11 is 0. The van der Waals surface area contributed by atoms with Crippen molar-refractivity contribution in [3.05, 3.63) is 35.9 Å². The monoisotopic (exact) mass is 349 g/mol. The molecule has 0 aliphatic rings. The molecule has 0 heterocycles. The van der Waals surface area contributed by atoms with Crippen LogP contribution in [0.5, 0.6) is 0 Å². The molecule has 1 rings (SSSR count). The van der Waals surface area contributed by atoms with Crippen LogP contribution in [-0.4, -0.2) is 30.3 Å². The van der Waals surface area contributed by atoms with Crippen LogP contribution in [0.15, 0.2) is 30.3 Å². The molecule has 3 N–H and O–H groups in total. The van der Waals surface area contributed by atoms with Crippen molar-refractivity contribution in [1.82, 2.24) is 16.2 Å². The average molecular weight is 349 g/mol. The van der Waals surface area contributed by atoms with Crippen LogP contribution in [0.25, 0.3) is 0 Å². The number of nitrogens with one attached hydrogen (secondary N) is 3. The van der Waals surface area contributed by atoms with Crippen LogP contribution in [-0.2, 0) is 30.5 Å². The number of benzene rings is 1. The minimum atomic E-state index is -0.505. The van der Waals surface area contributed by atoms with Crippen molar-refractivity contribution in [2.24, 2.45) is 0 Å². The van der Waals surface area contributed by atoms with Crippen molar-refractivity contribution in [3.63, 3.8) is 0 Å². The van der Waals surface area contributed by atoms with Crippen molar-refractivity contribution in [1.29, 1.82) is 0 Å². The van der Waals surface area contributed by atoms with Gasteiger partial charge >= 0.3 is 5.97 Å². The Balaban J connectivity index is 2.12. The summed E-state index contributed by atoms with van der Waals surface area (Å²) in [5, 5.41) is 2.71. The molecule has 0 aliphatic carbocycles. The third-order valence-corrected chi connectivity index (χ3v) is 3.11. The van der Waals surface area contributed by atoms with Crippen LogP contribution in [0.1, 0.15) is 38.2 Å². The maximum absolute atomic E-state index is 11.7. The highest BCUT2D eigenvalue weighted by atomic mass is 16.5. The number of hydrogen-bond acceptors (Lipinski definition) is 5. The van der Waals surface area contributed by atoms with E-state index in [-0.39, 0.29) is 38.2 Å². The molecular weight excluding hydrogens is 326 g/mol. The van der Waals surface area contributed by atoms with Gasteiger partial charge in [-0.25, -0.2) is 0 Å². The number of ether oxygens (including phenoxy) is 1. The van der Waals surface area contributed by atoms with E-state index in [1.165, 1.54) is 0 Å². The number of hydrazine groups is 1. The van der Waals surface area contributed by atoms with E-state index in [0.717, 1.165) is 5.56 Å². The van der Waals surface area contributed by atoms with E-state index in [1.54, 1.807) is 6.92 Å². The molecule has 136 valence electrons. The van der Waals surface area contributed by atoms with Crippen molar-refractivity contribution < 1.29 is 23.9 Å². The van der Waals surface area contributed by atoms with Gasteiger partial charge in [-0.3, -0.25) is 30.0 Å². The van der Waals surface area contributed by atoms with Crippen LogP contribution in [0.3, 0.4) is 0 Å². The lowest BCUT2D eigenvalue weighted by Gasteiger charge is -2.08. The Morgan fingerprint density at radius 3 is 2.00 bits per heavy atom. The van der Waals surface area contributed by atoms with Gasteiger partial charge in [-0.1, -0.05) is 30.3 Å². The van der Waals surface area contributed by atoms with Gasteiger partial charge in [0.2, 0.25) is 17.7 Å². The molecule has 1 aromatic carbocycles. The van der Waals surface area contributed by atoms with Crippen molar-refractivity contribution in [2.75, 3.05) is 6.61 Å². The summed E-state index contributed by atoms with van der Waals surface area (Å²) in [4.78, 5) is 45.8. The molecule has 25 heavy (non-hydrogen) atoms. The molecule has 0 aromatic heterocycles. The highest BCUT2D eigenvalue weighted by molar-refractivity contribution is 5.86. The molecule has 8 nitrogen and oxygen atoms in total. The third-order valence-electron chi connectivity index (χ3n) is 3.11. The van der Waals surface area contributed by atoms with Gasteiger partial charge in [-0.2, -0.15) is 0 Å². The number of amides is 3. The number of carbonyl (C=O) groups excluding carboxylic acids is 4. The highest BCUT2D eigenvalue weighted by Crippen LogP contribution is 1.98. The summed E-state index contributed by atoms with van der Waals surface area (Å²) in [5.74, 6) is -1.72.